The number of benzene rings is 1. The maximum Gasteiger partial charge on any atom is 0.271 e. The molecule has 5 nitrogen and oxygen atoms in total. The molecule has 1 aliphatic heterocycles. The van der Waals surface area contributed by atoms with Crippen LogP contribution in [0.3, 0.4) is 0 Å². The molecule has 0 aliphatic carbocycles. The maximum absolute atomic E-state index is 12.5. The molecule has 1 aromatic carbocycles. The highest BCUT2D eigenvalue weighted by molar-refractivity contribution is 7.91. The van der Waals surface area contributed by atoms with Gasteiger partial charge in [0.25, 0.3) is 5.91 Å². The van der Waals surface area contributed by atoms with Crippen molar-refractivity contribution in [2.75, 3.05) is 11.5 Å². The van der Waals surface area contributed by atoms with Gasteiger partial charge >= 0.3 is 0 Å². The van der Waals surface area contributed by atoms with Crippen molar-refractivity contribution in [3.05, 3.63) is 41.0 Å². The summed E-state index contributed by atoms with van der Waals surface area (Å²) in [7, 11) is -3.01. The second-order valence-corrected chi connectivity index (χ2v) is 8.78. The van der Waals surface area contributed by atoms with Gasteiger partial charge in [-0.2, -0.15) is 0 Å². The summed E-state index contributed by atoms with van der Waals surface area (Å²) in [4.78, 5) is 17.6. The summed E-state index contributed by atoms with van der Waals surface area (Å²) in [5, 5.41) is 3.61. The fourth-order valence-corrected chi connectivity index (χ4v) is 5.12. The highest BCUT2D eigenvalue weighted by atomic mass is 32.2. The van der Waals surface area contributed by atoms with Gasteiger partial charge in [0.2, 0.25) is 0 Å². The first-order chi connectivity index (χ1) is 10.4. The molecule has 2 heterocycles. The van der Waals surface area contributed by atoms with Gasteiger partial charge in [-0.1, -0.05) is 30.3 Å². The number of aryl methyl sites for hydroxylation is 1. The summed E-state index contributed by atoms with van der Waals surface area (Å²) < 4.78 is 23.0. The molecule has 0 saturated carbocycles. The molecule has 1 saturated heterocycles. The highest BCUT2D eigenvalue weighted by Crippen LogP contribution is 2.30. The van der Waals surface area contributed by atoms with E-state index >= 15 is 0 Å². The summed E-state index contributed by atoms with van der Waals surface area (Å²) in [6.07, 6.45) is 0.470. The third-order valence-electron chi connectivity index (χ3n) is 3.55. The van der Waals surface area contributed by atoms with Crippen LogP contribution in [-0.4, -0.2) is 36.9 Å². The lowest BCUT2D eigenvalue weighted by atomic mass is 10.1. The molecule has 0 spiro atoms. The zero-order chi connectivity index (χ0) is 15.7. The summed E-state index contributed by atoms with van der Waals surface area (Å²) in [6, 6.07) is 9.29. The zero-order valence-corrected chi connectivity index (χ0v) is 13.7. The van der Waals surface area contributed by atoms with Gasteiger partial charge in [0.05, 0.1) is 21.4 Å². The van der Waals surface area contributed by atoms with E-state index in [9.17, 15) is 13.2 Å². The smallest absolute Gasteiger partial charge is 0.271 e. The predicted molar refractivity (Wildman–Crippen MR) is 86.8 cm³/mol. The number of sulfone groups is 1. The lowest BCUT2D eigenvalue weighted by Crippen LogP contribution is -2.36. The average Bonchev–Trinajstić information content (AvgIpc) is 3.02. The molecule has 3 rings (SSSR count). The monoisotopic (exact) mass is 336 g/mol. The lowest BCUT2D eigenvalue weighted by Gasteiger charge is -2.10. The first-order valence-electron chi connectivity index (χ1n) is 6.99. The number of thiazole rings is 1. The highest BCUT2D eigenvalue weighted by Gasteiger charge is 2.30. The van der Waals surface area contributed by atoms with E-state index in [0.29, 0.717) is 12.1 Å². The van der Waals surface area contributed by atoms with Crippen LogP contribution in [0.5, 0.6) is 0 Å². The number of hydrogen-bond acceptors (Lipinski definition) is 5. The molecule has 1 N–H and O–H groups in total. The van der Waals surface area contributed by atoms with E-state index in [1.165, 1.54) is 11.3 Å². The number of carbonyl (C=O) groups excluding carboxylic acids is 1. The maximum atomic E-state index is 12.5. The van der Waals surface area contributed by atoms with Crippen LogP contribution in [0.15, 0.2) is 30.3 Å². The van der Waals surface area contributed by atoms with E-state index in [0.717, 1.165) is 15.4 Å². The first-order valence-corrected chi connectivity index (χ1v) is 9.62. The number of amides is 1. The van der Waals surface area contributed by atoms with Gasteiger partial charge in [0, 0.05) is 6.04 Å². The number of rotatable bonds is 3. The third-order valence-corrected chi connectivity index (χ3v) is 6.34. The van der Waals surface area contributed by atoms with Crippen molar-refractivity contribution in [3.8, 4) is 10.4 Å². The van der Waals surface area contributed by atoms with E-state index < -0.39 is 9.84 Å². The molecule has 1 atom stereocenters. The Hall–Kier alpha value is -1.73. The van der Waals surface area contributed by atoms with Crippen LogP contribution in [-0.2, 0) is 9.84 Å². The van der Waals surface area contributed by atoms with Gasteiger partial charge in [-0.25, -0.2) is 13.4 Å². The summed E-state index contributed by atoms with van der Waals surface area (Å²) in [5.74, 6) is -0.146. The van der Waals surface area contributed by atoms with Crippen LogP contribution >= 0.6 is 11.3 Å². The normalized spacial score (nSPS) is 20.0. The van der Waals surface area contributed by atoms with Crippen LogP contribution in [0, 0.1) is 6.92 Å². The number of nitrogens with zero attached hydrogens (tertiary/aromatic N) is 1. The van der Waals surface area contributed by atoms with Gasteiger partial charge in [-0.3, -0.25) is 4.79 Å². The van der Waals surface area contributed by atoms with Gasteiger partial charge in [-0.05, 0) is 18.9 Å². The third kappa shape index (κ3) is 3.20. The number of nitrogens with one attached hydrogen (secondary N) is 1. The topological polar surface area (TPSA) is 76.1 Å². The quantitative estimate of drug-likeness (QED) is 0.930. The average molecular weight is 336 g/mol. The first kappa shape index (κ1) is 15.2. The molecule has 7 heteroatoms. The fraction of sp³-hybridized carbons (Fsp3) is 0.333. The van der Waals surface area contributed by atoms with Crippen molar-refractivity contribution >= 4 is 27.1 Å². The zero-order valence-electron chi connectivity index (χ0n) is 12.1. The van der Waals surface area contributed by atoms with Crippen molar-refractivity contribution < 1.29 is 13.2 Å². The molecule has 1 aromatic heterocycles. The molecular weight excluding hydrogens is 320 g/mol. The number of aromatic nitrogens is 1. The molecule has 0 radical (unpaired) electrons. The Labute approximate surface area is 133 Å². The van der Waals surface area contributed by atoms with Crippen LogP contribution in [0.2, 0.25) is 0 Å². The van der Waals surface area contributed by atoms with Crippen molar-refractivity contribution in [2.45, 2.75) is 19.4 Å². The van der Waals surface area contributed by atoms with E-state index in [2.05, 4.69) is 10.3 Å². The van der Waals surface area contributed by atoms with Crippen LogP contribution in [0.1, 0.15) is 21.9 Å². The second-order valence-electron chi connectivity index (χ2n) is 5.35. The van der Waals surface area contributed by atoms with Crippen molar-refractivity contribution in [1.82, 2.24) is 10.3 Å². The molecular formula is C15H16N2O3S2. The van der Waals surface area contributed by atoms with Crippen LogP contribution in [0.25, 0.3) is 10.4 Å². The molecule has 1 fully saturated rings. The van der Waals surface area contributed by atoms with Crippen molar-refractivity contribution in [2.24, 2.45) is 0 Å². The van der Waals surface area contributed by atoms with Crippen LogP contribution in [0.4, 0.5) is 0 Å². The van der Waals surface area contributed by atoms with Crippen LogP contribution < -0.4 is 5.32 Å². The SMILES string of the molecule is Cc1nc(C(=O)N[C@H]2CCS(=O)(=O)C2)c(-c2ccccc2)s1. The van der Waals surface area contributed by atoms with Gasteiger partial charge in [0.1, 0.15) is 5.69 Å². The molecule has 1 amide bonds. The van der Waals surface area contributed by atoms with E-state index in [1.807, 2.05) is 37.3 Å². The molecule has 22 heavy (non-hydrogen) atoms. The van der Waals surface area contributed by atoms with Gasteiger partial charge in [-0.15, -0.1) is 11.3 Å². The minimum Gasteiger partial charge on any atom is -0.347 e. The molecule has 116 valence electrons. The molecule has 0 bridgehead atoms. The van der Waals surface area contributed by atoms with Gasteiger partial charge < -0.3 is 5.32 Å². The minimum atomic E-state index is -3.01. The van der Waals surface area contributed by atoms with E-state index in [-0.39, 0.29) is 23.5 Å². The Morgan fingerprint density at radius 3 is 2.68 bits per heavy atom. The molecule has 0 unspecified atom stereocenters. The Bertz CT molecular complexity index is 797. The van der Waals surface area contributed by atoms with Crippen molar-refractivity contribution in [3.63, 3.8) is 0 Å². The second kappa shape index (κ2) is 5.81. The summed E-state index contributed by atoms with van der Waals surface area (Å²) >= 11 is 1.46. The number of hydrogen-bond donors (Lipinski definition) is 1. The predicted octanol–water partition coefficient (Wildman–Crippen LogP) is 2.04. The van der Waals surface area contributed by atoms with E-state index in [4.69, 9.17) is 0 Å². The molecule has 1 aliphatic rings. The fourth-order valence-electron chi connectivity index (χ4n) is 2.53. The standard InChI is InChI=1S/C15H16N2O3S2/c1-10-16-13(14(21-10)11-5-3-2-4-6-11)15(18)17-12-7-8-22(19,20)9-12/h2-6,12H,7-9H2,1H3,(H,17,18)/t12-/m0/s1. The van der Waals surface area contributed by atoms with E-state index in [1.54, 1.807) is 0 Å². The Balaban J connectivity index is 1.84. The summed E-state index contributed by atoms with van der Waals surface area (Å²) in [5.41, 5.74) is 1.32. The Kier molecular flexibility index (Phi) is 4.01. The molecule has 2 aromatic rings. The van der Waals surface area contributed by atoms with Crippen molar-refractivity contribution in [1.29, 1.82) is 0 Å². The number of carbonyl (C=O) groups is 1. The lowest BCUT2D eigenvalue weighted by molar-refractivity contribution is 0.0937. The minimum absolute atomic E-state index is 0.0164. The largest absolute Gasteiger partial charge is 0.347 e. The van der Waals surface area contributed by atoms with Gasteiger partial charge in [0.15, 0.2) is 9.84 Å². The summed E-state index contributed by atoms with van der Waals surface area (Å²) in [6.45, 7) is 1.86. The Morgan fingerprint density at radius 1 is 1.32 bits per heavy atom. The Morgan fingerprint density at radius 2 is 2.05 bits per heavy atom.